The van der Waals surface area contributed by atoms with Gasteiger partial charge in [0.2, 0.25) is 0 Å². The Morgan fingerprint density at radius 2 is 0.967 bits per heavy atom. The SMILES string of the molecule is C=CC(=O)OCCCCOC(=O)C1CCCCC1C(=O)OCCCCOC(=O)C=C. The Hall–Kier alpha value is -2.64. The molecule has 0 spiro atoms. The van der Waals surface area contributed by atoms with Crippen LogP contribution in [0.3, 0.4) is 0 Å². The van der Waals surface area contributed by atoms with E-state index in [2.05, 4.69) is 13.2 Å². The van der Waals surface area contributed by atoms with E-state index in [4.69, 9.17) is 18.9 Å². The monoisotopic (exact) mass is 424 g/mol. The predicted octanol–water partition coefficient (Wildman–Crippen LogP) is 2.90. The Bertz CT molecular complexity index is 546. The maximum absolute atomic E-state index is 12.4. The Labute approximate surface area is 177 Å². The molecule has 0 aromatic heterocycles. The number of unbranched alkanes of at least 4 members (excludes halogenated alkanes) is 2. The van der Waals surface area contributed by atoms with E-state index in [9.17, 15) is 19.2 Å². The summed E-state index contributed by atoms with van der Waals surface area (Å²) in [4.78, 5) is 46.7. The molecule has 1 aliphatic carbocycles. The molecule has 2 unspecified atom stereocenters. The summed E-state index contributed by atoms with van der Waals surface area (Å²) >= 11 is 0. The van der Waals surface area contributed by atoms with Gasteiger partial charge in [0.15, 0.2) is 0 Å². The van der Waals surface area contributed by atoms with Crippen molar-refractivity contribution in [2.24, 2.45) is 11.8 Å². The Morgan fingerprint density at radius 3 is 1.30 bits per heavy atom. The normalized spacial score (nSPS) is 18.0. The van der Waals surface area contributed by atoms with E-state index in [1.54, 1.807) is 0 Å². The van der Waals surface area contributed by atoms with Crippen molar-refractivity contribution in [1.82, 2.24) is 0 Å². The second kappa shape index (κ2) is 15.2. The van der Waals surface area contributed by atoms with Crippen molar-refractivity contribution in [2.75, 3.05) is 26.4 Å². The fraction of sp³-hybridized carbons (Fsp3) is 0.636. The van der Waals surface area contributed by atoms with Crippen LogP contribution >= 0.6 is 0 Å². The molecule has 168 valence electrons. The lowest BCUT2D eigenvalue weighted by Crippen LogP contribution is -2.35. The van der Waals surface area contributed by atoms with Gasteiger partial charge in [0.1, 0.15) is 0 Å². The van der Waals surface area contributed by atoms with Gasteiger partial charge in [-0.3, -0.25) is 9.59 Å². The molecule has 2 atom stereocenters. The molecule has 1 saturated carbocycles. The summed E-state index contributed by atoms with van der Waals surface area (Å²) in [5.74, 6) is -2.69. The standard InChI is InChI=1S/C22H32O8/c1-3-19(23)27-13-7-9-15-29-21(25)17-11-5-6-12-18(17)22(26)30-16-10-8-14-28-20(24)4-2/h3-4,17-18H,1-2,5-16H2. The zero-order chi connectivity index (χ0) is 22.2. The maximum Gasteiger partial charge on any atom is 0.330 e. The Morgan fingerprint density at radius 1 is 0.633 bits per heavy atom. The van der Waals surface area contributed by atoms with Gasteiger partial charge in [-0.2, -0.15) is 0 Å². The maximum atomic E-state index is 12.4. The number of hydrogen-bond donors (Lipinski definition) is 0. The van der Waals surface area contributed by atoms with Crippen LogP contribution in [0.4, 0.5) is 0 Å². The van der Waals surface area contributed by atoms with Crippen LogP contribution in [0.25, 0.3) is 0 Å². The largest absolute Gasteiger partial charge is 0.465 e. The van der Waals surface area contributed by atoms with Crippen LogP contribution in [-0.2, 0) is 38.1 Å². The molecule has 0 aromatic rings. The topological polar surface area (TPSA) is 105 Å². The second-order valence-electron chi connectivity index (χ2n) is 6.99. The van der Waals surface area contributed by atoms with Gasteiger partial charge in [0.05, 0.1) is 38.3 Å². The van der Waals surface area contributed by atoms with Crippen molar-refractivity contribution in [3.63, 3.8) is 0 Å². The molecule has 8 nitrogen and oxygen atoms in total. The van der Waals surface area contributed by atoms with E-state index < -0.39 is 23.8 Å². The first-order valence-electron chi connectivity index (χ1n) is 10.4. The van der Waals surface area contributed by atoms with Gasteiger partial charge in [-0.15, -0.1) is 0 Å². The number of ether oxygens (including phenoxy) is 4. The first kappa shape index (κ1) is 25.4. The van der Waals surface area contributed by atoms with E-state index >= 15 is 0 Å². The third kappa shape index (κ3) is 10.2. The van der Waals surface area contributed by atoms with Crippen molar-refractivity contribution < 1.29 is 38.1 Å². The number of hydrogen-bond acceptors (Lipinski definition) is 8. The molecule has 0 N–H and O–H groups in total. The highest BCUT2D eigenvalue weighted by molar-refractivity contribution is 5.82. The predicted molar refractivity (Wildman–Crippen MR) is 108 cm³/mol. The summed E-state index contributed by atoms with van der Waals surface area (Å²) in [5.41, 5.74) is 0. The van der Waals surface area contributed by atoms with Crippen LogP contribution < -0.4 is 0 Å². The average molecular weight is 424 g/mol. The first-order valence-corrected chi connectivity index (χ1v) is 10.4. The van der Waals surface area contributed by atoms with Crippen LogP contribution in [0.5, 0.6) is 0 Å². The minimum atomic E-state index is -0.488. The van der Waals surface area contributed by atoms with Crippen LogP contribution in [-0.4, -0.2) is 50.3 Å². The third-order valence-corrected chi connectivity index (χ3v) is 4.76. The summed E-state index contributed by atoms with van der Waals surface area (Å²) < 4.78 is 20.4. The summed E-state index contributed by atoms with van der Waals surface area (Å²) in [6.45, 7) is 7.54. The zero-order valence-corrected chi connectivity index (χ0v) is 17.5. The molecule has 0 aromatic carbocycles. The molecule has 0 amide bonds. The van der Waals surface area contributed by atoms with Crippen molar-refractivity contribution in [1.29, 1.82) is 0 Å². The molecule has 0 saturated heterocycles. The van der Waals surface area contributed by atoms with Gasteiger partial charge in [0, 0.05) is 12.2 Å². The Kier molecular flexibility index (Phi) is 12.9. The smallest absolute Gasteiger partial charge is 0.330 e. The van der Waals surface area contributed by atoms with E-state index in [-0.39, 0.29) is 38.4 Å². The highest BCUT2D eigenvalue weighted by atomic mass is 16.5. The van der Waals surface area contributed by atoms with Gasteiger partial charge in [-0.05, 0) is 38.5 Å². The van der Waals surface area contributed by atoms with Gasteiger partial charge >= 0.3 is 23.9 Å². The summed E-state index contributed by atoms with van der Waals surface area (Å²) in [5, 5.41) is 0. The highest BCUT2D eigenvalue weighted by Gasteiger charge is 2.37. The number of rotatable bonds is 14. The molecule has 0 aliphatic heterocycles. The van der Waals surface area contributed by atoms with E-state index in [0.717, 1.165) is 25.0 Å². The van der Waals surface area contributed by atoms with Crippen molar-refractivity contribution in [2.45, 2.75) is 51.4 Å². The molecular weight excluding hydrogens is 392 g/mol. The minimum Gasteiger partial charge on any atom is -0.465 e. The molecule has 0 bridgehead atoms. The first-order chi connectivity index (χ1) is 14.5. The van der Waals surface area contributed by atoms with Crippen LogP contribution in [0.2, 0.25) is 0 Å². The highest BCUT2D eigenvalue weighted by Crippen LogP contribution is 2.32. The summed E-state index contributed by atoms with van der Waals surface area (Å²) in [6, 6.07) is 0. The number of esters is 4. The lowest BCUT2D eigenvalue weighted by atomic mass is 9.79. The van der Waals surface area contributed by atoms with E-state index in [0.29, 0.717) is 38.5 Å². The lowest BCUT2D eigenvalue weighted by molar-refractivity contribution is -0.163. The Balaban J connectivity index is 2.27. The quantitative estimate of drug-likeness (QED) is 0.181. The molecule has 0 heterocycles. The van der Waals surface area contributed by atoms with Gasteiger partial charge < -0.3 is 18.9 Å². The molecule has 1 rings (SSSR count). The summed E-state index contributed by atoms with van der Waals surface area (Å²) in [7, 11) is 0. The van der Waals surface area contributed by atoms with Gasteiger partial charge in [-0.25, -0.2) is 9.59 Å². The second-order valence-corrected chi connectivity index (χ2v) is 6.99. The van der Waals surface area contributed by atoms with Crippen LogP contribution in [0, 0.1) is 11.8 Å². The fourth-order valence-electron chi connectivity index (χ4n) is 3.13. The van der Waals surface area contributed by atoms with E-state index in [1.807, 2.05) is 0 Å². The fourth-order valence-corrected chi connectivity index (χ4v) is 3.13. The van der Waals surface area contributed by atoms with Crippen LogP contribution in [0.1, 0.15) is 51.4 Å². The van der Waals surface area contributed by atoms with Crippen molar-refractivity contribution in [3.05, 3.63) is 25.3 Å². The van der Waals surface area contributed by atoms with Crippen molar-refractivity contribution >= 4 is 23.9 Å². The molecule has 1 aliphatic rings. The molecule has 30 heavy (non-hydrogen) atoms. The molecule has 1 fully saturated rings. The van der Waals surface area contributed by atoms with Gasteiger partial charge in [0.25, 0.3) is 0 Å². The van der Waals surface area contributed by atoms with Crippen molar-refractivity contribution in [3.8, 4) is 0 Å². The molecular formula is C22H32O8. The van der Waals surface area contributed by atoms with E-state index in [1.165, 1.54) is 0 Å². The average Bonchev–Trinajstić information content (AvgIpc) is 2.77. The lowest BCUT2D eigenvalue weighted by Gasteiger charge is -2.28. The number of carbonyl (C=O) groups is 4. The molecule has 0 radical (unpaired) electrons. The van der Waals surface area contributed by atoms with Gasteiger partial charge in [-0.1, -0.05) is 26.0 Å². The zero-order valence-electron chi connectivity index (χ0n) is 17.5. The molecule has 8 heteroatoms. The van der Waals surface area contributed by atoms with Crippen LogP contribution in [0.15, 0.2) is 25.3 Å². The number of carbonyl (C=O) groups excluding carboxylic acids is 4. The minimum absolute atomic E-state index is 0.214. The third-order valence-electron chi connectivity index (χ3n) is 4.76. The summed E-state index contributed by atoms with van der Waals surface area (Å²) in [6.07, 6.45) is 7.42.